The van der Waals surface area contributed by atoms with Gasteiger partial charge >= 0.3 is 6.18 Å². The third-order valence-electron chi connectivity index (χ3n) is 2.42. The summed E-state index contributed by atoms with van der Waals surface area (Å²) in [6, 6.07) is 5.67. The van der Waals surface area contributed by atoms with Gasteiger partial charge in [0.15, 0.2) is 0 Å². The SMILES string of the molecule is CNc1ccc2nc(C(F)(F)F)cc(N)c2c1. The summed E-state index contributed by atoms with van der Waals surface area (Å²) in [7, 11) is 1.72. The second-order valence-corrected chi connectivity index (χ2v) is 3.58. The van der Waals surface area contributed by atoms with Crippen molar-refractivity contribution in [1.29, 1.82) is 0 Å². The maximum absolute atomic E-state index is 12.5. The van der Waals surface area contributed by atoms with Gasteiger partial charge in [0.05, 0.1) is 5.52 Å². The molecular formula is C11H10F3N3. The lowest BCUT2D eigenvalue weighted by atomic mass is 10.1. The van der Waals surface area contributed by atoms with E-state index in [1.807, 2.05) is 0 Å². The molecule has 0 spiro atoms. The molecule has 0 atom stereocenters. The Balaban J connectivity index is 2.68. The largest absolute Gasteiger partial charge is 0.433 e. The van der Waals surface area contributed by atoms with Gasteiger partial charge in [-0.2, -0.15) is 13.2 Å². The second kappa shape index (κ2) is 3.80. The lowest BCUT2D eigenvalue weighted by Gasteiger charge is -2.10. The molecule has 0 saturated heterocycles. The lowest BCUT2D eigenvalue weighted by molar-refractivity contribution is -0.140. The normalized spacial score (nSPS) is 11.8. The van der Waals surface area contributed by atoms with Crippen LogP contribution in [0.2, 0.25) is 0 Å². The molecule has 1 aromatic carbocycles. The van der Waals surface area contributed by atoms with E-state index in [-0.39, 0.29) is 11.2 Å². The quantitative estimate of drug-likeness (QED) is 0.807. The number of alkyl halides is 3. The number of aromatic nitrogens is 1. The molecule has 2 aromatic rings. The molecule has 0 aliphatic carbocycles. The predicted molar refractivity (Wildman–Crippen MR) is 60.7 cm³/mol. The number of nitrogens with one attached hydrogen (secondary N) is 1. The van der Waals surface area contributed by atoms with Gasteiger partial charge in [0.2, 0.25) is 0 Å². The van der Waals surface area contributed by atoms with E-state index >= 15 is 0 Å². The lowest BCUT2D eigenvalue weighted by Crippen LogP contribution is -2.09. The van der Waals surface area contributed by atoms with Crippen LogP contribution in [-0.2, 0) is 6.18 Å². The van der Waals surface area contributed by atoms with Crippen molar-refractivity contribution in [1.82, 2.24) is 4.98 Å². The predicted octanol–water partition coefficient (Wildman–Crippen LogP) is 2.88. The maximum atomic E-state index is 12.5. The van der Waals surface area contributed by atoms with E-state index in [0.29, 0.717) is 5.39 Å². The molecule has 2 rings (SSSR count). The van der Waals surface area contributed by atoms with E-state index in [1.54, 1.807) is 19.2 Å². The number of benzene rings is 1. The zero-order chi connectivity index (χ0) is 12.6. The van der Waals surface area contributed by atoms with Gasteiger partial charge in [-0.1, -0.05) is 0 Å². The third kappa shape index (κ3) is 2.11. The van der Waals surface area contributed by atoms with Gasteiger partial charge in [0.1, 0.15) is 5.69 Å². The van der Waals surface area contributed by atoms with Crippen LogP contribution < -0.4 is 11.1 Å². The van der Waals surface area contributed by atoms with E-state index in [9.17, 15) is 13.2 Å². The number of nitrogens with two attached hydrogens (primary N) is 1. The molecule has 0 bridgehead atoms. The molecule has 90 valence electrons. The maximum Gasteiger partial charge on any atom is 0.433 e. The zero-order valence-corrected chi connectivity index (χ0v) is 8.97. The molecule has 1 aromatic heterocycles. The number of pyridine rings is 1. The fourth-order valence-corrected chi connectivity index (χ4v) is 1.55. The van der Waals surface area contributed by atoms with Gasteiger partial charge < -0.3 is 11.1 Å². The first-order valence-corrected chi connectivity index (χ1v) is 4.87. The molecule has 0 radical (unpaired) electrons. The first-order chi connectivity index (χ1) is 7.91. The Kier molecular flexibility index (Phi) is 2.57. The van der Waals surface area contributed by atoms with Gasteiger partial charge in [0.25, 0.3) is 0 Å². The Morgan fingerprint density at radius 2 is 1.94 bits per heavy atom. The molecule has 0 fully saturated rings. The number of hydrogen-bond donors (Lipinski definition) is 2. The molecule has 1 heterocycles. The van der Waals surface area contributed by atoms with Crippen LogP contribution in [0.5, 0.6) is 0 Å². The number of fused-ring (bicyclic) bond motifs is 1. The first kappa shape index (κ1) is 11.5. The highest BCUT2D eigenvalue weighted by Gasteiger charge is 2.33. The molecule has 0 aliphatic heterocycles. The minimum absolute atomic E-state index is 0.0689. The Bertz CT molecular complexity index is 564. The first-order valence-electron chi connectivity index (χ1n) is 4.87. The van der Waals surface area contributed by atoms with Crippen LogP contribution in [0.25, 0.3) is 10.9 Å². The monoisotopic (exact) mass is 241 g/mol. The Morgan fingerprint density at radius 1 is 1.24 bits per heavy atom. The van der Waals surface area contributed by atoms with Crippen LogP contribution in [0.15, 0.2) is 24.3 Å². The molecule has 0 amide bonds. The highest BCUT2D eigenvalue weighted by atomic mass is 19.4. The zero-order valence-electron chi connectivity index (χ0n) is 8.97. The molecule has 3 nitrogen and oxygen atoms in total. The molecule has 17 heavy (non-hydrogen) atoms. The van der Waals surface area contributed by atoms with Gasteiger partial charge in [-0.15, -0.1) is 0 Å². The van der Waals surface area contributed by atoms with Gasteiger partial charge in [-0.3, -0.25) is 0 Å². The molecular weight excluding hydrogens is 231 g/mol. The summed E-state index contributed by atoms with van der Waals surface area (Å²) in [5.41, 5.74) is 5.71. The topological polar surface area (TPSA) is 50.9 Å². The summed E-state index contributed by atoms with van der Waals surface area (Å²) in [6.45, 7) is 0. The standard InChI is InChI=1S/C11H10F3N3/c1-16-6-2-3-9-7(4-6)8(15)5-10(17-9)11(12,13)14/h2-5,16H,1H3,(H2,15,17). The molecule has 0 aliphatic rings. The van der Waals surface area contributed by atoms with Crippen LogP contribution in [-0.4, -0.2) is 12.0 Å². The smallest absolute Gasteiger partial charge is 0.398 e. The van der Waals surface area contributed by atoms with Crippen LogP contribution in [0.1, 0.15) is 5.69 Å². The van der Waals surface area contributed by atoms with Gasteiger partial charge in [-0.25, -0.2) is 4.98 Å². The fraction of sp³-hybridized carbons (Fsp3) is 0.182. The van der Waals surface area contributed by atoms with Crippen LogP contribution in [0.3, 0.4) is 0 Å². The summed E-state index contributed by atoms with van der Waals surface area (Å²) in [5, 5.41) is 3.39. The van der Waals surface area contributed by atoms with Crippen molar-refractivity contribution in [2.45, 2.75) is 6.18 Å². The number of nitrogen functional groups attached to an aromatic ring is 1. The van der Waals surface area contributed by atoms with E-state index < -0.39 is 11.9 Å². The molecule has 3 N–H and O–H groups in total. The second-order valence-electron chi connectivity index (χ2n) is 3.58. The number of nitrogens with zero attached hydrogens (tertiary/aromatic N) is 1. The number of halogens is 3. The Hall–Kier alpha value is -1.98. The Morgan fingerprint density at radius 3 is 2.53 bits per heavy atom. The highest BCUT2D eigenvalue weighted by Crippen LogP contribution is 2.32. The van der Waals surface area contributed by atoms with Gasteiger partial charge in [0, 0.05) is 23.8 Å². The van der Waals surface area contributed by atoms with Gasteiger partial charge in [-0.05, 0) is 24.3 Å². The van der Waals surface area contributed by atoms with E-state index in [4.69, 9.17) is 5.73 Å². The van der Waals surface area contributed by atoms with Crippen LogP contribution in [0.4, 0.5) is 24.5 Å². The van der Waals surface area contributed by atoms with Crippen LogP contribution >= 0.6 is 0 Å². The summed E-state index contributed by atoms with van der Waals surface area (Å²) in [5.74, 6) is 0. The minimum Gasteiger partial charge on any atom is -0.398 e. The number of rotatable bonds is 1. The molecule has 0 saturated carbocycles. The van der Waals surface area contributed by atoms with Crippen molar-refractivity contribution in [3.8, 4) is 0 Å². The van der Waals surface area contributed by atoms with Crippen molar-refractivity contribution >= 4 is 22.3 Å². The summed E-state index contributed by atoms with van der Waals surface area (Å²) in [6.07, 6.45) is -4.48. The van der Waals surface area contributed by atoms with E-state index in [1.165, 1.54) is 6.07 Å². The average molecular weight is 241 g/mol. The van der Waals surface area contributed by atoms with E-state index in [0.717, 1.165) is 11.8 Å². The molecule has 0 unspecified atom stereocenters. The van der Waals surface area contributed by atoms with Crippen molar-refractivity contribution in [3.63, 3.8) is 0 Å². The third-order valence-corrected chi connectivity index (χ3v) is 2.42. The van der Waals surface area contributed by atoms with Crippen molar-refractivity contribution in [2.24, 2.45) is 0 Å². The summed E-state index contributed by atoms with van der Waals surface area (Å²) < 4.78 is 37.5. The Labute approximate surface area is 95.4 Å². The highest BCUT2D eigenvalue weighted by molar-refractivity contribution is 5.92. The van der Waals surface area contributed by atoms with Crippen molar-refractivity contribution in [3.05, 3.63) is 30.0 Å². The average Bonchev–Trinajstić information content (AvgIpc) is 2.27. The van der Waals surface area contributed by atoms with Crippen molar-refractivity contribution < 1.29 is 13.2 Å². The minimum atomic E-state index is -4.48. The summed E-state index contributed by atoms with van der Waals surface area (Å²) >= 11 is 0. The summed E-state index contributed by atoms with van der Waals surface area (Å²) in [4.78, 5) is 3.55. The molecule has 6 heteroatoms. The fourth-order valence-electron chi connectivity index (χ4n) is 1.55. The number of anilines is 2. The van der Waals surface area contributed by atoms with E-state index in [2.05, 4.69) is 10.3 Å². The number of hydrogen-bond acceptors (Lipinski definition) is 3. The van der Waals surface area contributed by atoms with Crippen molar-refractivity contribution in [2.75, 3.05) is 18.1 Å². The van der Waals surface area contributed by atoms with Crippen LogP contribution in [0, 0.1) is 0 Å².